The molecule has 2 atom stereocenters. The summed E-state index contributed by atoms with van der Waals surface area (Å²) in [6.07, 6.45) is 0.392. The zero-order valence-electron chi connectivity index (χ0n) is 11.0. The fourth-order valence-electron chi connectivity index (χ4n) is 2.27. The van der Waals surface area contributed by atoms with Crippen molar-refractivity contribution in [3.8, 4) is 0 Å². The van der Waals surface area contributed by atoms with Gasteiger partial charge >= 0.3 is 5.97 Å². The second kappa shape index (κ2) is 5.56. The molecule has 20 heavy (non-hydrogen) atoms. The molecule has 108 valence electrons. The highest BCUT2D eigenvalue weighted by Gasteiger charge is 2.46. The third-order valence-electron chi connectivity index (χ3n) is 3.51. The third kappa shape index (κ3) is 3.12. The van der Waals surface area contributed by atoms with E-state index in [0.717, 1.165) is 6.07 Å². The van der Waals surface area contributed by atoms with Crippen LogP contribution in [0.25, 0.3) is 0 Å². The number of amides is 1. The van der Waals surface area contributed by atoms with E-state index >= 15 is 0 Å². The summed E-state index contributed by atoms with van der Waals surface area (Å²) in [6.45, 7) is 0.128. The summed E-state index contributed by atoms with van der Waals surface area (Å²) >= 11 is 0. The molecule has 1 N–H and O–H groups in total. The van der Waals surface area contributed by atoms with Crippen molar-refractivity contribution in [1.29, 1.82) is 0 Å². The Hall–Kier alpha value is -1.98. The number of carboxylic acid groups (broad SMARTS) is 1. The van der Waals surface area contributed by atoms with Gasteiger partial charge in [0, 0.05) is 25.6 Å². The lowest BCUT2D eigenvalue weighted by Crippen LogP contribution is -2.30. The van der Waals surface area contributed by atoms with Crippen molar-refractivity contribution in [3.05, 3.63) is 35.4 Å². The van der Waals surface area contributed by atoms with Gasteiger partial charge in [-0.1, -0.05) is 6.07 Å². The summed E-state index contributed by atoms with van der Waals surface area (Å²) in [6, 6.07) is 3.34. The van der Waals surface area contributed by atoms with Gasteiger partial charge in [0.2, 0.25) is 5.91 Å². The van der Waals surface area contributed by atoms with Crippen molar-refractivity contribution in [1.82, 2.24) is 4.90 Å². The Morgan fingerprint density at radius 3 is 2.70 bits per heavy atom. The number of aliphatic carboxylic acids is 1. The van der Waals surface area contributed by atoms with Gasteiger partial charge in [0.05, 0.1) is 6.42 Å². The van der Waals surface area contributed by atoms with E-state index in [1.165, 1.54) is 24.1 Å². The van der Waals surface area contributed by atoms with Crippen molar-refractivity contribution in [3.63, 3.8) is 0 Å². The average molecular weight is 283 g/mol. The van der Waals surface area contributed by atoms with Gasteiger partial charge in [-0.15, -0.1) is 0 Å². The van der Waals surface area contributed by atoms with E-state index in [9.17, 15) is 18.4 Å². The number of carbonyl (C=O) groups excluding carboxylic acids is 1. The van der Waals surface area contributed by atoms with Gasteiger partial charge in [0.1, 0.15) is 11.6 Å². The number of halogens is 2. The molecule has 6 heteroatoms. The third-order valence-corrected chi connectivity index (χ3v) is 3.51. The zero-order chi connectivity index (χ0) is 14.9. The van der Waals surface area contributed by atoms with Gasteiger partial charge in [-0.2, -0.15) is 0 Å². The molecule has 1 fully saturated rings. The van der Waals surface area contributed by atoms with Crippen LogP contribution in [0.15, 0.2) is 18.2 Å². The Morgan fingerprint density at radius 2 is 2.10 bits per heavy atom. The molecule has 2 rings (SSSR count). The average Bonchev–Trinajstić information content (AvgIpc) is 3.15. The van der Waals surface area contributed by atoms with E-state index in [1.54, 1.807) is 0 Å². The molecule has 1 saturated carbocycles. The van der Waals surface area contributed by atoms with Crippen molar-refractivity contribution >= 4 is 11.9 Å². The molecule has 0 aromatic heterocycles. The van der Waals surface area contributed by atoms with Crippen LogP contribution < -0.4 is 0 Å². The Labute approximate surface area is 115 Å². The van der Waals surface area contributed by atoms with Crippen LogP contribution in [0.3, 0.4) is 0 Å². The van der Waals surface area contributed by atoms with Gasteiger partial charge in [-0.05, 0) is 24.0 Å². The second-order valence-corrected chi connectivity index (χ2v) is 5.02. The van der Waals surface area contributed by atoms with Crippen molar-refractivity contribution < 1.29 is 23.5 Å². The lowest BCUT2D eigenvalue weighted by molar-refractivity contribution is -0.138. The minimum absolute atomic E-state index is 0.120. The lowest BCUT2D eigenvalue weighted by Gasteiger charge is -2.16. The van der Waals surface area contributed by atoms with E-state index in [4.69, 9.17) is 5.11 Å². The molecule has 0 aliphatic heterocycles. The van der Waals surface area contributed by atoms with Crippen LogP contribution in [0.1, 0.15) is 24.3 Å². The minimum atomic E-state index is -0.971. The molecule has 0 saturated heterocycles. The van der Waals surface area contributed by atoms with Gasteiger partial charge < -0.3 is 10.0 Å². The molecule has 1 aliphatic carbocycles. The zero-order valence-corrected chi connectivity index (χ0v) is 11.0. The molecule has 1 aromatic carbocycles. The number of carbonyl (C=O) groups is 2. The van der Waals surface area contributed by atoms with Crippen LogP contribution in [-0.4, -0.2) is 35.5 Å². The molecule has 0 heterocycles. The van der Waals surface area contributed by atoms with Gasteiger partial charge in [-0.25, -0.2) is 8.78 Å². The summed E-state index contributed by atoms with van der Waals surface area (Å²) in [5.41, 5.74) is 0.344. The van der Waals surface area contributed by atoms with Crippen LogP contribution in [0.2, 0.25) is 0 Å². The van der Waals surface area contributed by atoms with Crippen LogP contribution in [-0.2, 0) is 9.59 Å². The fraction of sp³-hybridized carbons (Fsp3) is 0.429. The quantitative estimate of drug-likeness (QED) is 0.899. The molecular weight excluding hydrogens is 268 g/mol. The highest BCUT2D eigenvalue weighted by molar-refractivity contribution is 5.83. The topological polar surface area (TPSA) is 57.6 Å². The molecule has 1 aromatic rings. The molecular formula is C14H15F2NO3. The summed E-state index contributed by atoms with van der Waals surface area (Å²) in [4.78, 5) is 23.8. The standard InChI is InChI=1S/C14H15F2NO3/c1-17(5-4-13(18)19)14(20)11-7-10(11)9-3-2-8(15)6-12(9)16/h2-3,6,10-11H,4-5,7H2,1H3,(H,18,19)/t10-,11-/m0/s1. The predicted molar refractivity (Wildman–Crippen MR) is 67.1 cm³/mol. The first-order valence-corrected chi connectivity index (χ1v) is 6.32. The van der Waals surface area contributed by atoms with E-state index in [-0.39, 0.29) is 30.7 Å². The molecule has 1 aliphatic rings. The molecule has 0 spiro atoms. The summed E-state index contributed by atoms with van der Waals surface area (Å²) in [5, 5.41) is 8.57. The highest BCUT2D eigenvalue weighted by Crippen LogP contribution is 2.49. The van der Waals surface area contributed by atoms with Crippen LogP contribution >= 0.6 is 0 Å². The highest BCUT2D eigenvalue weighted by atomic mass is 19.1. The number of nitrogens with zero attached hydrogens (tertiary/aromatic N) is 1. The maximum atomic E-state index is 13.6. The minimum Gasteiger partial charge on any atom is -0.481 e. The van der Waals surface area contributed by atoms with Crippen LogP contribution in [0, 0.1) is 17.6 Å². The first-order valence-electron chi connectivity index (χ1n) is 6.32. The fourth-order valence-corrected chi connectivity index (χ4v) is 2.27. The Bertz CT molecular complexity index is 547. The van der Waals surface area contributed by atoms with Crippen molar-refractivity contribution in [2.75, 3.05) is 13.6 Å². The van der Waals surface area contributed by atoms with Crippen LogP contribution in [0.4, 0.5) is 8.78 Å². The molecule has 0 bridgehead atoms. The predicted octanol–water partition coefficient (Wildman–Crippen LogP) is 2.00. The lowest BCUT2D eigenvalue weighted by atomic mass is 10.1. The smallest absolute Gasteiger partial charge is 0.305 e. The van der Waals surface area contributed by atoms with E-state index < -0.39 is 17.6 Å². The van der Waals surface area contributed by atoms with E-state index in [1.807, 2.05) is 0 Å². The maximum Gasteiger partial charge on any atom is 0.305 e. The molecule has 4 nitrogen and oxygen atoms in total. The van der Waals surface area contributed by atoms with Gasteiger partial charge in [-0.3, -0.25) is 9.59 Å². The Morgan fingerprint density at radius 1 is 1.40 bits per heavy atom. The molecule has 0 unspecified atom stereocenters. The number of benzene rings is 1. The molecule has 0 radical (unpaired) electrons. The van der Waals surface area contributed by atoms with Crippen molar-refractivity contribution in [2.24, 2.45) is 5.92 Å². The largest absolute Gasteiger partial charge is 0.481 e. The first kappa shape index (κ1) is 14.4. The number of carboxylic acids is 1. The SMILES string of the molecule is CN(CCC(=O)O)C(=O)[C@H]1C[C@H]1c1ccc(F)cc1F. The monoisotopic (exact) mass is 283 g/mol. The normalized spacial score (nSPS) is 20.6. The second-order valence-electron chi connectivity index (χ2n) is 5.02. The summed E-state index contributed by atoms with van der Waals surface area (Å²) < 4.78 is 26.4. The maximum absolute atomic E-state index is 13.6. The Kier molecular flexibility index (Phi) is 4.01. The van der Waals surface area contributed by atoms with Crippen LogP contribution in [0.5, 0.6) is 0 Å². The number of hydrogen-bond donors (Lipinski definition) is 1. The van der Waals surface area contributed by atoms with Crippen molar-refractivity contribution in [2.45, 2.75) is 18.8 Å². The summed E-state index contributed by atoms with van der Waals surface area (Å²) in [7, 11) is 1.53. The first-order chi connectivity index (χ1) is 9.40. The molecule has 1 amide bonds. The van der Waals surface area contributed by atoms with Gasteiger partial charge in [0.25, 0.3) is 0 Å². The number of hydrogen-bond acceptors (Lipinski definition) is 2. The Balaban J connectivity index is 1.97. The van der Waals surface area contributed by atoms with E-state index in [0.29, 0.717) is 12.0 Å². The van der Waals surface area contributed by atoms with Gasteiger partial charge in [0.15, 0.2) is 0 Å². The number of rotatable bonds is 5. The summed E-state index contributed by atoms with van der Waals surface area (Å²) in [5.74, 6) is -3.03. The van der Waals surface area contributed by atoms with E-state index in [2.05, 4.69) is 0 Å².